The maximum Gasteiger partial charge on any atom is 0.397 e. The van der Waals surface area contributed by atoms with Gasteiger partial charge in [0.1, 0.15) is 6.42 Å². The van der Waals surface area contributed by atoms with Crippen LogP contribution >= 0.6 is 11.3 Å². The van der Waals surface area contributed by atoms with E-state index >= 15 is 0 Å². The molecule has 0 atom stereocenters. The minimum atomic E-state index is -4.45. The van der Waals surface area contributed by atoms with Gasteiger partial charge in [-0.15, -0.1) is 11.3 Å². The molecule has 0 saturated heterocycles. The van der Waals surface area contributed by atoms with E-state index in [9.17, 15) is 18.0 Å². The van der Waals surface area contributed by atoms with Gasteiger partial charge in [0.2, 0.25) is 5.91 Å². The zero-order valence-electron chi connectivity index (χ0n) is 10.2. The van der Waals surface area contributed by atoms with Crippen molar-refractivity contribution in [3.05, 3.63) is 16.6 Å². The molecular formula is C11H15F3N2OS. The Hall–Kier alpha value is -1.11. The molecular weight excluding hydrogens is 265 g/mol. The van der Waals surface area contributed by atoms with Gasteiger partial charge in [-0.25, -0.2) is 4.98 Å². The van der Waals surface area contributed by atoms with Gasteiger partial charge < -0.3 is 4.90 Å². The lowest BCUT2D eigenvalue weighted by Crippen LogP contribution is -2.40. The van der Waals surface area contributed by atoms with Gasteiger partial charge in [0.05, 0.1) is 5.01 Å². The van der Waals surface area contributed by atoms with E-state index in [0.717, 1.165) is 5.01 Å². The van der Waals surface area contributed by atoms with Gasteiger partial charge in [-0.05, 0) is 13.8 Å². The van der Waals surface area contributed by atoms with E-state index in [4.69, 9.17) is 0 Å². The van der Waals surface area contributed by atoms with Crippen molar-refractivity contribution >= 4 is 17.2 Å². The van der Waals surface area contributed by atoms with Crippen LogP contribution in [0.1, 0.15) is 25.3 Å². The molecule has 1 heterocycles. The van der Waals surface area contributed by atoms with E-state index < -0.39 is 18.5 Å². The monoisotopic (exact) mass is 280 g/mol. The second kappa shape index (κ2) is 6.17. The zero-order chi connectivity index (χ0) is 13.8. The summed E-state index contributed by atoms with van der Waals surface area (Å²) < 4.78 is 36.6. The Bertz CT molecular complexity index is 376. The highest BCUT2D eigenvalue weighted by atomic mass is 32.1. The van der Waals surface area contributed by atoms with E-state index in [2.05, 4.69) is 4.98 Å². The maximum absolute atomic E-state index is 12.2. The molecule has 0 aliphatic heterocycles. The molecule has 102 valence electrons. The second-order valence-corrected chi connectivity index (χ2v) is 5.13. The number of rotatable bonds is 5. The van der Waals surface area contributed by atoms with Crippen LogP contribution in [0.3, 0.4) is 0 Å². The quantitative estimate of drug-likeness (QED) is 0.831. The SMILES string of the molecule is CC(C)N(CCc1nccs1)C(=O)CC(F)(F)F. The first kappa shape index (κ1) is 14.9. The maximum atomic E-state index is 12.2. The van der Waals surface area contributed by atoms with Gasteiger partial charge in [-0.1, -0.05) is 0 Å². The third kappa shape index (κ3) is 5.03. The molecule has 0 unspecified atom stereocenters. The predicted octanol–water partition coefficient (Wildman–Crippen LogP) is 2.88. The van der Waals surface area contributed by atoms with Crippen molar-refractivity contribution in [2.24, 2.45) is 0 Å². The highest BCUT2D eigenvalue weighted by Gasteiger charge is 2.34. The average molecular weight is 280 g/mol. The fourth-order valence-electron chi connectivity index (χ4n) is 1.54. The number of halogens is 3. The molecule has 0 saturated carbocycles. The summed E-state index contributed by atoms with van der Waals surface area (Å²) >= 11 is 1.43. The van der Waals surface area contributed by atoms with Crippen LogP contribution < -0.4 is 0 Å². The summed E-state index contributed by atoms with van der Waals surface area (Å²) in [7, 11) is 0. The largest absolute Gasteiger partial charge is 0.397 e. The summed E-state index contributed by atoms with van der Waals surface area (Å²) in [5, 5.41) is 2.62. The normalized spacial score (nSPS) is 11.9. The predicted molar refractivity (Wildman–Crippen MR) is 63.3 cm³/mol. The smallest absolute Gasteiger partial charge is 0.340 e. The molecule has 1 aromatic rings. The summed E-state index contributed by atoms with van der Waals surface area (Å²) in [6.45, 7) is 3.67. The van der Waals surface area contributed by atoms with Crippen LogP contribution in [0.15, 0.2) is 11.6 Å². The van der Waals surface area contributed by atoms with Crippen molar-refractivity contribution in [2.75, 3.05) is 6.54 Å². The van der Waals surface area contributed by atoms with E-state index in [1.54, 1.807) is 25.4 Å². The minimum absolute atomic E-state index is 0.250. The molecule has 0 fully saturated rings. The van der Waals surface area contributed by atoms with E-state index in [1.165, 1.54) is 16.2 Å². The molecule has 3 nitrogen and oxygen atoms in total. The number of amides is 1. The van der Waals surface area contributed by atoms with E-state index in [0.29, 0.717) is 6.42 Å². The molecule has 0 N–H and O–H groups in total. The van der Waals surface area contributed by atoms with E-state index in [-0.39, 0.29) is 12.6 Å². The highest BCUT2D eigenvalue weighted by molar-refractivity contribution is 7.09. The Morgan fingerprint density at radius 2 is 2.17 bits per heavy atom. The lowest BCUT2D eigenvalue weighted by molar-refractivity contribution is -0.162. The fraction of sp³-hybridized carbons (Fsp3) is 0.636. The highest BCUT2D eigenvalue weighted by Crippen LogP contribution is 2.21. The summed E-state index contributed by atoms with van der Waals surface area (Å²) in [6, 6.07) is -0.250. The number of aromatic nitrogens is 1. The molecule has 0 spiro atoms. The van der Waals surface area contributed by atoms with Crippen molar-refractivity contribution in [3.8, 4) is 0 Å². The first-order valence-electron chi connectivity index (χ1n) is 5.54. The molecule has 1 amide bonds. The summed E-state index contributed by atoms with van der Waals surface area (Å²) in [5.74, 6) is -0.881. The molecule has 0 aromatic carbocycles. The zero-order valence-corrected chi connectivity index (χ0v) is 11.0. The van der Waals surface area contributed by atoms with Crippen molar-refractivity contribution in [1.29, 1.82) is 0 Å². The van der Waals surface area contributed by atoms with Gasteiger partial charge in [-0.2, -0.15) is 13.2 Å². The Balaban J connectivity index is 2.57. The van der Waals surface area contributed by atoms with Crippen LogP contribution in [-0.4, -0.2) is 34.6 Å². The number of nitrogens with zero attached hydrogens (tertiary/aromatic N) is 2. The first-order valence-corrected chi connectivity index (χ1v) is 6.42. The van der Waals surface area contributed by atoms with Crippen molar-refractivity contribution in [3.63, 3.8) is 0 Å². The molecule has 18 heavy (non-hydrogen) atoms. The van der Waals surface area contributed by atoms with Gasteiger partial charge in [0.15, 0.2) is 0 Å². The number of carbonyl (C=O) groups is 1. The molecule has 0 aliphatic carbocycles. The van der Waals surface area contributed by atoms with Crippen LogP contribution in [0.4, 0.5) is 13.2 Å². The fourth-order valence-corrected chi connectivity index (χ4v) is 2.15. The topological polar surface area (TPSA) is 33.2 Å². The molecule has 1 rings (SSSR count). The van der Waals surface area contributed by atoms with Crippen LogP contribution in [0.5, 0.6) is 0 Å². The third-order valence-electron chi connectivity index (χ3n) is 2.35. The molecule has 0 radical (unpaired) electrons. The second-order valence-electron chi connectivity index (χ2n) is 4.15. The Kier molecular flexibility index (Phi) is 5.13. The number of carbonyl (C=O) groups excluding carboxylic acids is 1. The summed E-state index contributed by atoms with van der Waals surface area (Å²) in [4.78, 5) is 16.8. The number of thiazole rings is 1. The van der Waals surface area contributed by atoms with Crippen LogP contribution in [0.25, 0.3) is 0 Å². The molecule has 1 aromatic heterocycles. The van der Waals surface area contributed by atoms with Crippen LogP contribution in [0, 0.1) is 0 Å². The molecule has 7 heteroatoms. The van der Waals surface area contributed by atoms with Gasteiger partial charge >= 0.3 is 6.18 Å². The third-order valence-corrected chi connectivity index (χ3v) is 3.18. The Morgan fingerprint density at radius 3 is 2.61 bits per heavy atom. The van der Waals surface area contributed by atoms with Crippen LogP contribution in [0.2, 0.25) is 0 Å². The van der Waals surface area contributed by atoms with Gasteiger partial charge in [0.25, 0.3) is 0 Å². The number of hydrogen-bond acceptors (Lipinski definition) is 3. The lowest BCUT2D eigenvalue weighted by atomic mass is 10.2. The Labute approximate surface area is 108 Å². The van der Waals surface area contributed by atoms with Crippen molar-refractivity contribution < 1.29 is 18.0 Å². The summed E-state index contributed by atoms with van der Waals surface area (Å²) in [6.07, 6.45) is -3.73. The Morgan fingerprint density at radius 1 is 1.50 bits per heavy atom. The molecule has 0 aliphatic rings. The first-order chi connectivity index (χ1) is 8.29. The van der Waals surface area contributed by atoms with Gasteiger partial charge in [-0.3, -0.25) is 4.79 Å². The number of hydrogen-bond donors (Lipinski definition) is 0. The lowest BCUT2D eigenvalue weighted by Gasteiger charge is -2.27. The van der Waals surface area contributed by atoms with E-state index in [1.807, 2.05) is 0 Å². The van der Waals surface area contributed by atoms with Crippen molar-refractivity contribution in [1.82, 2.24) is 9.88 Å². The van der Waals surface area contributed by atoms with Crippen LogP contribution in [-0.2, 0) is 11.2 Å². The standard InChI is InChI=1S/C11H15F3N2OS/c1-8(2)16(10(17)7-11(12,13)14)5-3-9-15-4-6-18-9/h4,6,8H,3,5,7H2,1-2H3. The number of alkyl halides is 3. The summed E-state index contributed by atoms with van der Waals surface area (Å²) in [5.41, 5.74) is 0. The molecule has 0 bridgehead atoms. The average Bonchev–Trinajstić information content (AvgIpc) is 2.67. The minimum Gasteiger partial charge on any atom is -0.340 e. The van der Waals surface area contributed by atoms with Crippen molar-refractivity contribution in [2.45, 2.75) is 38.9 Å². The van der Waals surface area contributed by atoms with Gasteiger partial charge in [0, 0.05) is 30.6 Å².